The van der Waals surface area contributed by atoms with Crippen LogP contribution in [0.2, 0.25) is 0 Å². The Kier molecular flexibility index (Phi) is 5.81. The van der Waals surface area contributed by atoms with Crippen LogP contribution in [0.15, 0.2) is 53.7 Å². The Balaban J connectivity index is 1.12. The first-order valence-electron chi connectivity index (χ1n) is 10.7. The molecule has 0 radical (unpaired) electrons. The standard InChI is InChI=1S/C22H25N5O3S2/c28-21(27-11-9-26(10-12-27)20-3-1-2-8-23-20)13-16-4-6-17(7-5-16)24-22-25-18-14-32(29,30)15-19(18)31-22/h1-8,18-19H,9-15H2,(H,24,25)/t18-,19-/m0/s1. The number of carbonyl (C=O) groups is 1. The fourth-order valence-corrected chi connectivity index (χ4v) is 7.93. The number of nitrogens with zero attached hydrogens (tertiary/aromatic N) is 4. The minimum absolute atomic E-state index is 0.0255. The van der Waals surface area contributed by atoms with Gasteiger partial charge in [-0.1, -0.05) is 30.0 Å². The van der Waals surface area contributed by atoms with Crippen LogP contribution in [0.25, 0.3) is 0 Å². The normalized spacial score (nSPS) is 24.2. The molecule has 1 aromatic carbocycles. The largest absolute Gasteiger partial charge is 0.353 e. The molecule has 2 atom stereocenters. The molecule has 32 heavy (non-hydrogen) atoms. The van der Waals surface area contributed by atoms with E-state index in [1.54, 1.807) is 6.20 Å². The van der Waals surface area contributed by atoms with Crippen LogP contribution in [-0.4, -0.2) is 78.4 Å². The van der Waals surface area contributed by atoms with Gasteiger partial charge in [-0.3, -0.25) is 9.79 Å². The molecule has 168 valence electrons. The van der Waals surface area contributed by atoms with Crippen molar-refractivity contribution in [1.82, 2.24) is 9.88 Å². The maximum Gasteiger partial charge on any atom is 0.227 e. The van der Waals surface area contributed by atoms with E-state index in [0.29, 0.717) is 19.5 Å². The van der Waals surface area contributed by atoms with E-state index >= 15 is 0 Å². The molecule has 3 aliphatic rings. The van der Waals surface area contributed by atoms with Crippen molar-refractivity contribution in [2.75, 3.05) is 47.9 Å². The summed E-state index contributed by atoms with van der Waals surface area (Å²) in [5.74, 6) is 1.44. The SMILES string of the molecule is O=C(Cc1ccc(NC2=N[C@H]3CS(=O)(=O)C[C@@H]3S2)cc1)N1CCN(c2ccccn2)CC1. The second-order valence-electron chi connectivity index (χ2n) is 8.29. The summed E-state index contributed by atoms with van der Waals surface area (Å²) in [6.07, 6.45) is 2.17. The minimum Gasteiger partial charge on any atom is -0.353 e. The third-order valence-electron chi connectivity index (χ3n) is 5.98. The van der Waals surface area contributed by atoms with E-state index in [1.807, 2.05) is 47.4 Å². The number of pyridine rings is 1. The fraction of sp³-hybridized carbons (Fsp3) is 0.409. The molecule has 10 heteroatoms. The van der Waals surface area contributed by atoms with Crippen molar-refractivity contribution in [3.63, 3.8) is 0 Å². The van der Waals surface area contributed by atoms with E-state index < -0.39 is 9.84 Å². The van der Waals surface area contributed by atoms with Gasteiger partial charge < -0.3 is 15.1 Å². The van der Waals surface area contributed by atoms with Crippen LogP contribution in [0, 0.1) is 0 Å². The van der Waals surface area contributed by atoms with E-state index in [4.69, 9.17) is 0 Å². The lowest BCUT2D eigenvalue weighted by Gasteiger charge is -2.35. The molecule has 3 aliphatic heterocycles. The summed E-state index contributed by atoms with van der Waals surface area (Å²) in [7, 11) is -2.94. The molecule has 0 aliphatic carbocycles. The van der Waals surface area contributed by atoms with E-state index in [1.165, 1.54) is 11.8 Å². The Morgan fingerprint density at radius 1 is 1.06 bits per heavy atom. The van der Waals surface area contributed by atoms with Gasteiger partial charge in [-0.15, -0.1) is 0 Å². The van der Waals surface area contributed by atoms with Crippen LogP contribution in [0.4, 0.5) is 11.5 Å². The van der Waals surface area contributed by atoms with Gasteiger partial charge in [0.25, 0.3) is 0 Å². The van der Waals surface area contributed by atoms with Crippen molar-refractivity contribution in [1.29, 1.82) is 0 Å². The van der Waals surface area contributed by atoms with Gasteiger partial charge in [-0.25, -0.2) is 13.4 Å². The van der Waals surface area contributed by atoms with Crippen LogP contribution in [0.1, 0.15) is 5.56 Å². The van der Waals surface area contributed by atoms with Crippen molar-refractivity contribution >= 4 is 44.2 Å². The number of sulfone groups is 1. The number of anilines is 2. The van der Waals surface area contributed by atoms with Crippen molar-refractivity contribution in [2.45, 2.75) is 17.7 Å². The Morgan fingerprint density at radius 3 is 2.53 bits per heavy atom. The zero-order chi connectivity index (χ0) is 22.1. The molecule has 5 rings (SSSR count). The average molecular weight is 472 g/mol. The number of rotatable bonds is 4. The molecule has 0 bridgehead atoms. The van der Waals surface area contributed by atoms with Gasteiger partial charge in [0.15, 0.2) is 15.0 Å². The zero-order valence-electron chi connectivity index (χ0n) is 17.6. The lowest BCUT2D eigenvalue weighted by Crippen LogP contribution is -2.49. The lowest BCUT2D eigenvalue weighted by atomic mass is 10.1. The molecule has 2 fully saturated rings. The third-order valence-corrected chi connectivity index (χ3v) is 9.13. The Hall–Kier alpha value is -2.59. The number of fused-ring (bicyclic) bond motifs is 1. The van der Waals surface area contributed by atoms with Crippen LogP contribution in [0.5, 0.6) is 0 Å². The number of amidine groups is 1. The number of nitrogens with one attached hydrogen (secondary N) is 1. The Bertz CT molecular complexity index is 1110. The molecule has 8 nitrogen and oxygen atoms in total. The van der Waals surface area contributed by atoms with Gasteiger partial charge in [0, 0.05) is 43.3 Å². The van der Waals surface area contributed by atoms with E-state index in [-0.39, 0.29) is 28.7 Å². The maximum absolute atomic E-state index is 12.7. The molecular weight excluding hydrogens is 446 g/mol. The number of carbonyl (C=O) groups excluding carboxylic acids is 1. The molecule has 1 aromatic heterocycles. The number of hydrogen-bond donors (Lipinski definition) is 1. The monoisotopic (exact) mass is 471 g/mol. The van der Waals surface area contributed by atoms with Gasteiger partial charge in [-0.05, 0) is 29.8 Å². The number of aromatic nitrogens is 1. The highest BCUT2D eigenvalue weighted by Crippen LogP contribution is 2.34. The summed E-state index contributed by atoms with van der Waals surface area (Å²) in [6.45, 7) is 2.97. The Labute approximate surface area is 192 Å². The Morgan fingerprint density at radius 2 is 1.84 bits per heavy atom. The molecule has 0 saturated carbocycles. The van der Waals surface area contributed by atoms with E-state index in [0.717, 1.165) is 35.3 Å². The molecule has 4 heterocycles. The molecule has 2 aromatic rings. The molecule has 0 unspecified atom stereocenters. The summed E-state index contributed by atoms with van der Waals surface area (Å²) in [5, 5.41) is 4.07. The van der Waals surface area contributed by atoms with Gasteiger partial charge >= 0.3 is 0 Å². The lowest BCUT2D eigenvalue weighted by molar-refractivity contribution is -0.130. The van der Waals surface area contributed by atoms with Crippen molar-refractivity contribution in [2.24, 2.45) is 4.99 Å². The predicted molar refractivity (Wildman–Crippen MR) is 128 cm³/mol. The third kappa shape index (κ3) is 4.75. The first kappa shape index (κ1) is 21.3. The summed E-state index contributed by atoms with van der Waals surface area (Å²) >= 11 is 1.50. The topological polar surface area (TPSA) is 95.0 Å². The van der Waals surface area contributed by atoms with Gasteiger partial charge in [0.1, 0.15) is 5.82 Å². The minimum atomic E-state index is -2.94. The zero-order valence-corrected chi connectivity index (χ0v) is 19.2. The summed E-state index contributed by atoms with van der Waals surface area (Å²) < 4.78 is 23.4. The first-order chi connectivity index (χ1) is 15.4. The fourth-order valence-electron chi connectivity index (χ4n) is 4.26. The molecule has 1 N–H and O–H groups in total. The second-order valence-corrected chi connectivity index (χ2v) is 11.7. The van der Waals surface area contributed by atoms with Crippen LogP contribution in [0.3, 0.4) is 0 Å². The van der Waals surface area contributed by atoms with Crippen LogP contribution < -0.4 is 10.2 Å². The molecular formula is C22H25N5O3S2. The number of piperazine rings is 1. The number of aliphatic imine (C=N–C) groups is 1. The molecule has 0 spiro atoms. The number of benzene rings is 1. The number of hydrogen-bond acceptors (Lipinski definition) is 8. The van der Waals surface area contributed by atoms with E-state index in [2.05, 4.69) is 20.2 Å². The quantitative estimate of drug-likeness (QED) is 0.725. The smallest absolute Gasteiger partial charge is 0.227 e. The van der Waals surface area contributed by atoms with Gasteiger partial charge in [-0.2, -0.15) is 0 Å². The second kappa shape index (κ2) is 8.74. The van der Waals surface area contributed by atoms with Crippen LogP contribution >= 0.6 is 11.8 Å². The summed E-state index contributed by atoms with van der Waals surface area (Å²) in [6, 6.07) is 13.5. The highest BCUT2D eigenvalue weighted by molar-refractivity contribution is 8.15. The van der Waals surface area contributed by atoms with Crippen molar-refractivity contribution in [3.05, 3.63) is 54.2 Å². The van der Waals surface area contributed by atoms with E-state index in [9.17, 15) is 13.2 Å². The van der Waals surface area contributed by atoms with Crippen molar-refractivity contribution < 1.29 is 13.2 Å². The predicted octanol–water partition coefficient (Wildman–Crippen LogP) is 1.65. The maximum atomic E-state index is 12.7. The summed E-state index contributed by atoms with van der Waals surface area (Å²) in [4.78, 5) is 25.8. The molecule has 2 saturated heterocycles. The first-order valence-corrected chi connectivity index (χ1v) is 13.4. The highest BCUT2D eigenvalue weighted by atomic mass is 32.2. The summed E-state index contributed by atoms with van der Waals surface area (Å²) in [5.41, 5.74) is 1.86. The van der Waals surface area contributed by atoms with Crippen molar-refractivity contribution in [3.8, 4) is 0 Å². The average Bonchev–Trinajstić information content (AvgIpc) is 3.28. The van der Waals surface area contributed by atoms with Crippen LogP contribution in [-0.2, 0) is 21.1 Å². The molecule has 1 amide bonds. The van der Waals surface area contributed by atoms with Gasteiger partial charge in [0.2, 0.25) is 5.91 Å². The number of thioether (sulfide) groups is 1. The highest BCUT2D eigenvalue weighted by Gasteiger charge is 2.42. The number of amides is 1. The van der Waals surface area contributed by atoms with Gasteiger partial charge in [0.05, 0.1) is 24.0 Å².